The fourth-order valence-corrected chi connectivity index (χ4v) is 0.986. The van der Waals surface area contributed by atoms with E-state index in [0.717, 1.165) is 5.75 Å². The first-order valence-electron chi connectivity index (χ1n) is 4.41. The van der Waals surface area contributed by atoms with E-state index in [0.29, 0.717) is 0 Å². The fraction of sp³-hybridized carbons (Fsp3) is 0.400. The zero-order chi connectivity index (χ0) is 10.4. The summed E-state index contributed by atoms with van der Waals surface area (Å²) in [5.41, 5.74) is 1.17. The molecule has 0 saturated heterocycles. The van der Waals surface area contributed by atoms with Crippen molar-refractivity contribution < 1.29 is 14.7 Å². The number of benzene rings is 1. The number of aliphatic hydroxyl groups excluding tert-OH is 1. The van der Waals surface area contributed by atoms with Crippen molar-refractivity contribution in [1.82, 2.24) is 0 Å². The van der Waals surface area contributed by atoms with Gasteiger partial charge in [-0.25, -0.2) is 5.90 Å². The predicted molar refractivity (Wildman–Crippen MR) is 52.8 cm³/mol. The number of nitrogens with two attached hydrogens (primary N) is 1. The van der Waals surface area contributed by atoms with Gasteiger partial charge in [0, 0.05) is 0 Å². The van der Waals surface area contributed by atoms with Crippen molar-refractivity contribution in [2.45, 2.75) is 13.0 Å². The highest BCUT2D eigenvalue weighted by atomic mass is 16.6. The van der Waals surface area contributed by atoms with E-state index < -0.39 is 6.10 Å². The maximum atomic E-state index is 9.24. The molecule has 0 amide bonds. The van der Waals surface area contributed by atoms with Crippen LogP contribution >= 0.6 is 0 Å². The van der Waals surface area contributed by atoms with Gasteiger partial charge < -0.3 is 14.7 Å². The fourth-order valence-electron chi connectivity index (χ4n) is 0.986. The second-order valence-electron chi connectivity index (χ2n) is 3.11. The number of aryl methyl sites for hydroxylation is 1. The molecule has 0 spiro atoms. The minimum absolute atomic E-state index is 0.0753. The molecule has 0 fully saturated rings. The second kappa shape index (κ2) is 5.59. The molecule has 0 aromatic heterocycles. The molecule has 0 heterocycles. The normalized spacial score (nSPS) is 12.5. The molecule has 14 heavy (non-hydrogen) atoms. The van der Waals surface area contributed by atoms with Gasteiger partial charge in [0.2, 0.25) is 0 Å². The Kier molecular flexibility index (Phi) is 4.39. The lowest BCUT2D eigenvalue weighted by atomic mass is 10.2. The van der Waals surface area contributed by atoms with Gasteiger partial charge in [-0.15, -0.1) is 0 Å². The van der Waals surface area contributed by atoms with Crippen molar-refractivity contribution in [3.05, 3.63) is 29.8 Å². The standard InChI is InChI=1S/C10H15NO3/c1-8-2-4-10(5-3-8)13-6-9(12)7-14-11/h2-5,9,12H,6-7,11H2,1H3/t9-/m1/s1. The van der Waals surface area contributed by atoms with Crippen LogP contribution in [0.1, 0.15) is 5.56 Å². The zero-order valence-electron chi connectivity index (χ0n) is 8.14. The molecular formula is C10H15NO3. The number of hydrogen-bond acceptors (Lipinski definition) is 4. The first kappa shape index (κ1) is 11.0. The van der Waals surface area contributed by atoms with Crippen molar-refractivity contribution in [1.29, 1.82) is 0 Å². The van der Waals surface area contributed by atoms with Gasteiger partial charge in [-0.1, -0.05) is 17.7 Å². The van der Waals surface area contributed by atoms with E-state index in [1.807, 2.05) is 31.2 Å². The van der Waals surface area contributed by atoms with Gasteiger partial charge in [-0.2, -0.15) is 0 Å². The number of aliphatic hydroxyl groups is 1. The molecule has 1 rings (SSSR count). The average Bonchev–Trinajstić information content (AvgIpc) is 2.17. The minimum atomic E-state index is -0.693. The van der Waals surface area contributed by atoms with Crippen LogP contribution in [0.3, 0.4) is 0 Å². The van der Waals surface area contributed by atoms with Crippen molar-refractivity contribution in [2.24, 2.45) is 5.90 Å². The highest BCUT2D eigenvalue weighted by Crippen LogP contribution is 2.11. The highest BCUT2D eigenvalue weighted by molar-refractivity contribution is 5.26. The summed E-state index contributed by atoms with van der Waals surface area (Å²) in [6.45, 7) is 2.26. The summed E-state index contributed by atoms with van der Waals surface area (Å²) in [5, 5.41) is 9.24. The summed E-state index contributed by atoms with van der Waals surface area (Å²) >= 11 is 0. The highest BCUT2D eigenvalue weighted by Gasteiger charge is 2.04. The number of hydrogen-bond donors (Lipinski definition) is 2. The van der Waals surface area contributed by atoms with Crippen LogP contribution in [0.5, 0.6) is 5.75 Å². The maximum Gasteiger partial charge on any atom is 0.119 e. The molecule has 0 unspecified atom stereocenters. The molecule has 0 radical (unpaired) electrons. The number of rotatable bonds is 5. The summed E-state index contributed by atoms with van der Waals surface area (Å²) in [7, 11) is 0. The van der Waals surface area contributed by atoms with Gasteiger partial charge in [-0.3, -0.25) is 0 Å². The van der Waals surface area contributed by atoms with Crippen LogP contribution in [0.4, 0.5) is 0 Å². The SMILES string of the molecule is Cc1ccc(OC[C@@H](O)CON)cc1. The third kappa shape index (κ3) is 3.74. The van der Waals surface area contributed by atoms with E-state index in [4.69, 9.17) is 10.6 Å². The van der Waals surface area contributed by atoms with E-state index in [2.05, 4.69) is 4.84 Å². The van der Waals surface area contributed by atoms with E-state index in [9.17, 15) is 5.11 Å². The largest absolute Gasteiger partial charge is 0.491 e. The van der Waals surface area contributed by atoms with Gasteiger partial charge >= 0.3 is 0 Å². The molecule has 0 bridgehead atoms. The molecule has 4 nitrogen and oxygen atoms in total. The van der Waals surface area contributed by atoms with Gasteiger partial charge in [0.1, 0.15) is 18.5 Å². The van der Waals surface area contributed by atoms with Crippen LogP contribution in [0.2, 0.25) is 0 Å². The summed E-state index contributed by atoms with van der Waals surface area (Å²) in [4.78, 5) is 4.28. The summed E-state index contributed by atoms with van der Waals surface area (Å²) in [5.74, 6) is 5.53. The van der Waals surface area contributed by atoms with Crippen LogP contribution in [-0.2, 0) is 4.84 Å². The van der Waals surface area contributed by atoms with Gasteiger partial charge in [0.05, 0.1) is 6.61 Å². The van der Waals surface area contributed by atoms with Crippen molar-refractivity contribution >= 4 is 0 Å². The Morgan fingerprint density at radius 3 is 2.50 bits per heavy atom. The molecular weight excluding hydrogens is 182 g/mol. The van der Waals surface area contributed by atoms with Crippen LogP contribution in [0, 0.1) is 6.92 Å². The lowest BCUT2D eigenvalue weighted by Gasteiger charge is -2.10. The average molecular weight is 197 g/mol. The van der Waals surface area contributed by atoms with E-state index in [-0.39, 0.29) is 13.2 Å². The van der Waals surface area contributed by atoms with Crippen molar-refractivity contribution in [2.75, 3.05) is 13.2 Å². The van der Waals surface area contributed by atoms with Crippen LogP contribution in [0.25, 0.3) is 0 Å². The first-order chi connectivity index (χ1) is 6.72. The van der Waals surface area contributed by atoms with Crippen LogP contribution in [0.15, 0.2) is 24.3 Å². The predicted octanol–water partition coefficient (Wildman–Crippen LogP) is 0.625. The Bertz CT molecular complexity index is 261. The van der Waals surface area contributed by atoms with Crippen molar-refractivity contribution in [3.63, 3.8) is 0 Å². The molecule has 0 aliphatic heterocycles. The quantitative estimate of drug-likeness (QED) is 0.679. The molecule has 0 saturated carbocycles. The molecule has 1 aromatic rings. The Morgan fingerprint density at radius 2 is 1.93 bits per heavy atom. The third-order valence-electron chi connectivity index (χ3n) is 1.75. The number of ether oxygens (including phenoxy) is 1. The summed E-state index contributed by atoms with van der Waals surface area (Å²) in [6, 6.07) is 7.60. The first-order valence-corrected chi connectivity index (χ1v) is 4.41. The molecule has 0 aliphatic rings. The molecule has 0 aliphatic carbocycles. The summed E-state index contributed by atoms with van der Waals surface area (Å²) in [6.07, 6.45) is -0.693. The molecule has 78 valence electrons. The van der Waals surface area contributed by atoms with E-state index in [1.165, 1.54) is 5.56 Å². The Morgan fingerprint density at radius 1 is 1.29 bits per heavy atom. The Balaban J connectivity index is 2.34. The van der Waals surface area contributed by atoms with Crippen LogP contribution in [-0.4, -0.2) is 24.4 Å². The van der Waals surface area contributed by atoms with Gasteiger partial charge in [-0.05, 0) is 19.1 Å². The third-order valence-corrected chi connectivity index (χ3v) is 1.75. The summed E-state index contributed by atoms with van der Waals surface area (Å²) < 4.78 is 5.29. The van der Waals surface area contributed by atoms with Crippen molar-refractivity contribution in [3.8, 4) is 5.75 Å². The zero-order valence-corrected chi connectivity index (χ0v) is 8.14. The Labute approximate surface area is 83.2 Å². The van der Waals surface area contributed by atoms with Gasteiger partial charge in [0.15, 0.2) is 0 Å². The lowest BCUT2D eigenvalue weighted by Crippen LogP contribution is -2.25. The Hall–Kier alpha value is -1.10. The maximum absolute atomic E-state index is 9.24. The molecule has 1 atom stereocenters. The molecule has 3 N–H and O–H groups in total. The lowest BCUT2D eigenvalue weighted by molar-refractivity contribution is 0.0116. The molecule has 4 heteroatoms. The smallest absolute Gasteiger partial charge is 0.119 e. The monoisotopic (exact) mass is 197 g/mol. The van der Waals surface area contributed by atoms with Crippen LogP contribution < -0.4 is 10.6 Å². The van der Waals surface area contributed by atoms with Gasteiger partial charge in [0.25, 0.3) is 0 Å². The van der Waals surface area contributed by atoms with E-state index >= 15 is 0 Å². The molecule has 1 aromatic carbocycles. The van der Waals surface area contributed by atoms with E-state index in [1.54, 1.807) is 0 Å². The minimum Gasteiger partial charge on any atom is -0.491 e. The second-order valence-corrected chi connectivity index (χ2v) is 3.11. The topological polar surface area (TPSA) is 64.7 Å².